The summed E-state index contributed by atoms with van der Waals surface area (Å²) in [6, 6.07) is 0. The second kappa shape index (κ2) is 5.00. The number of methoxy groups -OCH3 is 1. The molecule has 1 fully saturated rings. The zero-order valence-corrected chi connectivity index (χ0v) is 10.8. The lowest BCUT2D eigenvalue weighted by Gasteiger charge is -2.47. The van der Waals surface area contributed by atoms with Gasteiger partial charge in [0.15, 0.2) is 0 Å². The molecule has 0 bridgehead atoms. The molecule has 1 heterocycles. The maximum absolute atomic E-state index is 10.0. The van der Waals surface area contributed by atoms with Crippen LogP contribution in [0.1, 0.15) is 34.1 Å². The van der Waals surface area contributed by atoms with Crippen LogP contribution in [0.3, 0.4) is 0 Å². The van der Waals surface area contributed by atoms with E-state index in [-0.39, 0.29) is 17.6 Å². The molecule has 1 rings (SSSR count). The zero-order chi connectivity index (χ0) is 12.5. The number of hydrogen-bond acceptors (Lipinski definition) is 4. The Morgan fingerprint density at radius 3 is 2.12 bits per heavy atom. The van der Waals surface area contributed by atoms with E-state index in [1.54, 1.807) is 0 Å². The first-order chi connectivity index (χ1) is 7.32. The quantitative estimate of drug-likeness (QED) is 0.744. The minimum atomic E-state index is -0.882. The molecule has 0 aromatic rings. The van der Waals surface area contributed by atoms with Gasteiger partial charge in [0.1, 0.15) is 18.3 Å². The summed E-state index contributed by atoms with van der Waals surface area (Å²) in [4.78, 5) is 0. The molecule has 0 radical (unpaired) electrons. The third kappa shape index (κ3) is 2.56. The number of aliphatic hydroxyl groups is 2. The van der Waals surface area contributed by atoms with Gasteiger partial charge in [-0.2, -0.15) is 0 Å². The van der Waals surface area contributed by atoms with E-state index in [9.17, 15) is 10.2 Å². The third-order valence-electron chi connectivity index (χ3n) is 3.22. The molecule has 0 aromatic carbocycles. The maximum Gasteiger partial charge on any atom is 0.112 e. The normalized spacial score (nSPS) is 41.1. The average Bonchev–Trinajstić information content (AvgIpc) is 2.20. The van der Waals surface area contributed by atoms with Gasteiger partial charge in [-0.3, -0.25) is 0 Å². The van der Waals surface area contributed by atoms with E-state index in [2.05, 4.69) is 0 Å². The molecule has 4 nitrogen and oxygen atoms in total. The van der Waals surface area contributed by atoms with E-state index in [1.165, 1.54) is 7.11 Å². The summed E-state index contributed by atoms with van der Waals surface area (Å²) in [6.07, 6.45) is -2.06. The SMILES string of the molecule is CCC1OC(C(C)(C)C)C(OC)C(O)C1O. The first kappa shape index (κ1) is 13.9. The second-order valence-electron chi connectivity index (χ2n) is 5.55. The van der Waals surface area contributed by atoms with Gasteiger partial charge in [-0.15, -0.1) is 0 Å². The summed E-state index contributed by atoms with van der Waals surface area (Å²) in [7, 11) is 1.54. The number of aliphatic hydroxyl groups excluding tert-OH is 2. The standard InChI is InChI=1S/C12H24O4/c1-6-7-8(13)9(14)10(15-5)11(16-7)12(2,3)4/h7-11,13-14H,6H2,1-5H3. The minimum absolute atomic E-state index is 0.130. The Kier molecular flexibility index (Phi) is 4.35. The van der Waals surface area contributed by atoms with Crippen molar-refractivity contribution in [3.05, 3.63) is 0 Å². The first-order valence-corrected chi connectivity index (χ1v) is 5.87. The van der Waals surface area contributed by atoms with Gasteiger partial charge in [0.25, 0.3) is 0 Å². The Balaban J connectivity index is 2.90. The smallest absolute Gasteiger partial charge is 0.112 e. The molecule has 0 aliphatic carbocycles. The molecule has 0 spiro atoms. The molecule has 0 saturated carbocycles. The van der Waals surface area contributed by atoms with Gasteiger partial charge in [-0.1, -0.05) is 27.7 Å². The summed E-state index contributed by atoms with van der Waals surface area (Å²) >= 11 is 0. The van der Waals surface area contributed by atoms with Crippen molar-refractivity contribution >= 4 is 0 Å². The fourth-order valence-electron chi connectivity index (χ4n) is 2.24. The molecule has 1 aliphatic heterocycles. The zero-order valence-electron chi connectivity index (χ0n) is 10.8. The van der Waals surface area contributed by atoms with Crippen molar-refractivity contribution in [1.29, 1.82) is 0 Å². The lowest BCUT2D eigenvalue weighted by atomic mass is 9.80. The van der Waals surface area contributed by atoms with Crippen LogP contribution in [0.2, 0.25) is 0 Å². The van der Waals surface area contributed by atoms with Crippen LogP contribution in [-0.4, -0.2) is 47.8 Å². The summed E-state index contributed by atoms with van der Waals surface area (Å²) in [5.41, 5.74) is -0.130. The summed E-state index contributed by atoms with van der Waals surface area (Å²) < 4.78 is 11.1. The molecular formula is C12H24O4. The van der Waals surface area contributed by atoms with Gasteiger partial charge in [0, 0.05) is 7.11 Å². The first-order valence-electron chi connectivity index (χ1n) is 5.87. The molecule has 96 valence electrons. The van der Waals surface area contributed by atoms with E-state index >= 15 is 0 Å². The van der Waals surface area contributed by atoms with E-state index in [0.717, 1.165) is 0 Å². The lowest BCUT2D eigenvalue weighted by molar-refractivity contribution is -0.251. The average molecular weight is 232 g/mol. The molecule has 2 N–H and O–H groups in total. The van der Waals surface area contributed by atoms with Crippen LogP contribution in [-0.2, 0) is 9.47 Å². The van der Waals surface area contributed by atoms with Crippen LogP contribution < -0.4 is 0 Å². The van der Waals surface area contributed by atoms with E-state index in [4.69, 9.17) is 9.47 Å². The Bertz CT molecular complexity index is 224. The summed E-state index contributed by atoms with van der Waals surface area (Å²) in [5.74, 6) is 0. The Morgan fingerprint density at radius 1 is 1.19 bits per heavy atom. The highest BCUT2D eigenvalue weighted by Gasteiger charge is 2.48. The topological polar surface area (TPSA) is 58.9 Å². The van der Waals surface area contributed by atoms with Gasteiger partial charge in [-0.05, 0) is 11.8 Å². The van der Waals surface area contributed by atoms with Crippen molar-refractivity contribution in [2.45, 2.75) is 64.6 Å². The van der Waals surface area contributed by atoms with Crippen LogP contribution in [0.15, 0.2) is 0 Å². The molecule has 5 atom stereocenters. The van der Waals surface area contributed by atoms with Crippen LogP contribution in [0.25, 0.3) is 0 Å². The second-order valence-corrected chi connectivity index (χ2v) is 5.55. The highest BCUT2D eigenvalue weighted by Crippen LogP contribution is 2.34. The molecule has 5 unspecified atom stereocenters. The summed E-state index contributed by atoms with van der Waals surface area (Å²) in [6.45, 7) is 8.07. The fraction of sp³-hybridized carbons (Fsp3) is 1.00. The predicted octanol–water partition coefficient (Wildman–Crippen LogP) is 0.947. The van der Waals surface area contributed by atoms with Crippen molar-refractivity contribution in [2.75, 3.05) is 7.11 Å². The monoisotopic (exact) mass is 232 g/mol. The Hall–Kier alpha value is -0.160. The Labute approximate surface area is 97.6 Å². The highest BCUT2D eigenvalue weighted by atomic mass is 16.6. The van der Waals surface area contributed by atoms with Crippen LogP contribution in [0, 0.1) is 5.41 Å². The van der Waals surface area contributed by atoms with Crippen molar-refractivity contribution in [1.82, 2.24) is 0 Å². The van der Waals surface area contributed by atoms with Crippen molar-refractivity contribution in [2.24, 2.45) is 5.41 Å². The molecule has 0 aromatic heterocycles. The molecule has 4 heteroatoms. The van der Waals surface area contributed by atoms with Crippen molar-refractivity contribution in [3.8, 4) is 0 Å². The largest absolute Gasteiger partial charge is 0.388 e. The minimum Gasteiger partial charge on any atom is -0.388 e. The Morgan fingerprint density at radius 2 is 1.75 bits per heavy atom. The van der Waals surface area contributed by atoms with Crippen LogP contribution >= 0.6 is 0 Å². The molecular weight excluding hydrogens is 208 g/mol. The van der Waals surface area contributed by atoms with Gasteiger partial charge in [0.2, 0.25) is 0 Å². The fourth-order valence-corrected chi connectivity index (χ4v) is 2.24. The molecule has 16 heavy (non-hydrogen) atoms. The third-order valence-corrected chi connectivity index (χ3v) is 3.22. The van der Waals surface area contributed by atoms with Crippen LogP contribution in [0.4, 0.5) is 0 Å². The van der Waals surface area contributed by atoms with Gasteiger partial charge in [-0.25, -0.2) is 0 Å². The highest BCUT2D eigenvalue weighted by molar-refractivity contribution is 4.96. The molecule has 0 amide bonds. The van der Waals surface area contributed by atoms with Crippen LogP contribution in [0.5, 0.6) is 0 Å². The van der Waals surface area contributed by atoms with E-state index in [1.807, 2.05) is 27.7 Å². The van der Waals surface area contributed by atoms with E-state index in [0.29, 0.717) is 6.42 Å². The predicted molar refractivity (Wildman–Crippen MR) is 61.2 cm³/mol. The lowest BCUT2D eigenvalue weighted by Crippen LogP contribution is -2.61. The molecule has 1 aliphatic rings. The number of rotatable bonds is 2. The summed E-state index contributed by atoms with van der Waals surface area (Å²) in [5, 5.41) is 19.9. The van der Waals surface area contributed by atoms with Crippen molar-refractivity contribution in [3.63, 3.8) is 0 Å². The van der Waals surface area contributed by atoms with Gasteiger partial charge >= 0.3 is 0 Å². The number of hydrogen-bond donors (Lipinski definition) is 2. The van der Waals surface area contributed by atoms with Gasteiger partial charge < -0.3 is 19.7 Å². The molecule has 1 saturated heterocycles. The van der Waals surface area contributed by atoms with Gasteiger partial charge in [0.05, 0.1) is 12.2 Å². The van der Waals surface area contributed by atoms with E-state index < -0.39 is 18.3 Å². The van der Waals surface area contributed by atoms with Crippen molar-refractivity contribution < 1.29 is 19.7 Å². The number of ether oxygens (including phenoxy) is 2. The maximum atomic E-state index is 10.0.